The van der Waals surface area contributed by atoms with Crippen LogP contribution in [0.5, 0.6) is 0 Å². The van der Waals surface area contributed by atoms with Gasteiger partial charge >= 0.3 is 6.18 Å². The zero-order valence-corrected chi connectivity index (χ0v) is 20.3. The number of benzene rings is 1. The van der Waals surface area contributed by atoms with Crippen molar-refractivity contribution in [1.29, 1.82) is 0 Å². The van der Waals surface area contributed by atoms with Crippen LogP contribution in [0.2, 0.25) is 0 Å². The van der Waals surface area contributed by atoms with E-state index in [1.807, 2.05) is 0 Å². The van der Waals surface area contributed by atoms with Gasteiger partial charge in [-0.1, -0.05) is 0 Å². The van der Waals surface area contributed by atoms with Crippen molar-refractivity contribution in [3.63, 3.8) is 0 Å². The summed E-state index contributed by atoms with van der Waals surface area (Å²) in [5, 5.41) is -0.155. The molecular formula is C26H24F5N5O2. The fourth-order valence-electron chi connectivity index (χ4n) is 4.57. The Morgan fingerprint density at radius 1 is 1.18 bits per heavy atom. The fraction of sp³-hybridized carbons (Fsp3) is 0.385. The average molecular weight is 534 g/mol. The summed E-state index contributed by atoms with van der Waals surface area (Å²) in [5.74, 6) is -3.65. The van der Waals surface area contributed by atoms with Gasteiger partial charge in [0.25, 0.3) is 5.56 Å². The van der Waals surface area contributed by atoms with Gasteiger partial charge in [-0.15, -0.1) is 0 Å². The summed E-state index contributed by atoms with van der Waals surface area (Å²) in [6.07, 6.45) is 0.681. The monoisotopic (exact) mass is 533 g/mol. The third-order valence-corrected chi connectivity index (χ3v) is 6.77. The van der Waals surface area contributed by atoms with Crippen molar-refractivity contribution in [2.24, 2.45) is 17.8 Å². The van der Waals surface area contributed by atoms with Crippen molar-refractivity contribution in [3.8, 4) is 11.3 Å². The predicted octanol–water partition coefficient (Wildman–Crippen LogP) is 4.63. The summed E-state index contributed by atoms with van der Waals surface area (Å²) in [7, 11) is 0.970. The largest absolute Gasteiger partial charge is 0.449 e. The van der Waals surface area contributed by atoms with Crippen LogP contribution < -0.4 is 11.3 Å². The summed E-state index contributed by atoms with van der Waals surface area (Å²) >= 11 is 0. The Morgan fingerprint density at radius 2 is 1.95 bits per heavy atom. The van der Waals surface area contributed by atoms with Crippen molar-refractivity contribution in [1.82, 2.24) is 14.5 Å². The van der Waals surface area contributed by atoms with Crippen molar-refractivity contribution in [2.75, 3.05) is 6.61 Å². The number of hydrogen-bond donors (Lipinski definition) is 1. The van der Waals surface area contributed by atoms with Crippen LogP contribution in [0, 0.1) is 11.6 Å². The number of nitrogens with zero attached hydrogens (tertiary/aromatic N) is 4. The predicted molar refractivity (Wildman–Crippen MR) is 131 cm³/mol. The van der Waals surface area contributed by atoms with Gasteiger partial charge in [-0.3, -0.25) is 19.3 Å². The molecule has 2 N–H and O–H groups in total. The van der Waals surface area contributed by atoms with Crippen LogP contribution in [0.3, 0.4) is 0 Å². The average Bonchev–Trinajstić information content (AvgIpc) is 3.70. The molecule has 3 aromatic rings. The Morgan fingerprint density at radius 3 is 2.61 bits per heavy atom. The number of ether oxygens (including phenoxy) is 1. The van der Waals surface area contributed by atoms with Crippen molar-refractivity contribution < 1.29 is 26.7 Å². The number of halogens is 5. The summed E-state index contributed by atoms with van der Waals surface area (Å²) in [5.41, 5.74) is 4.94. The molecular weight excluding hydrogens is 509 g/mol. The smallest absolute Gasteiger partial charge is 0.404 e. The quantitative estimate of drug-likeness (QED) is 0.381. The molecule has 0 unspecified atom stereocenters. The molecule has 38 heavy (non-hydrogen) atoms. The summed E-state index contributed by atoms with van der Waals surface area (Å²) in [6, 6.07) is 4.31. The molecule has 0 bridgehead atoms. The molecule has 1 aromatic carbocycles. The van der Waals surface area contributed by atoms with E-state index in [1.165, 1.54) is 12.3 Å². The highest BCUT2D eigenvalue weighted by atomic mass is 19.4. The summed E-state index contributed by atoms with van der Waals surface area (Å²) in [4.78, 5) is 25.7. The molecule has 5 rings (SSSR count). The normalized spacial score (nSPS) is 20.9. The number of aliphatic imine (C=N–C) groups is 1. The van der Waals surface area contributed by atoms with Crippen molar-refractivity contribution in [3.05, 3.63) is 69.5 Å². The van der Waals surface area contributed by atoms with Crippen LogP contribution in [0.15, 0.2) is 45.8 Å². The van der Waals surface area contributed by atoms with Crippen LogP contribution in [0.4, 0.5) is 22.0 Å². The summed E-state index contributed by atoms with van der Waals surface area (Å²) < 4.78 is 75.8. The van der Waals surface area contributed by atoms with Crippen molar-refractivity contribution in [2.45, 2.75) is 49.9 Å². The van der Waals surface area contributed by atoms with Crippen LogP contribution >= 0.6 is 0 Å². The van der Waals surface area contributed by atoms with Crippen LogP contribution in [-0.2, 0) is 18.0 Å². The Labute approximate surface area is 213 Å². The maximum absolute atomic E-state index is 14.9. The van der Waals surface area contributed by atoms with E-state index in [-0.39, 0.29) is 28.6 Å². The molecule has 1 saturated heterocycles. The molecule has 1 aliphatic heterocycles. The van der Waals surface area contributed by atoms with Gasteiger partial charge in [0, 0.05) is 54.9 Å². The standard InChI is InChI=1S/C26H24F5N5O2/c1-36-24(37)18-10-20(13-6-7-38-21(8-13)14(11-32)12-33-16-3-4-16)34-22(17-5-2-15(27)9-19(17)28)23(18)35-25(36)26(29,30)31/h2,5,9-13,16,21H,3-4,6-8,32H2,1H3/b14-11+,33-12?/t13-,21+/m0/s1. The van der Waals surface area contributed by atoms with E-state index in [0.29, 0.717) is 41.3 Å². The van der Waals surface area contributed by atoms with E-state index < -0.39 is 40.8 Å². The van der Waals surface area contributed by atoms with Gasteiger partial charge in [0.05, 0.1) is 23.2 Å². The molecule has 2 fully saturated rings. The van der Waals surface area contributed by atoms with E-state index >= 15 is 0 Å². The molecule has 2 atom stereocenters. The number of aromatic nitrogens is 3. The highest BCUT2D eigenvalue weighted by Gasteiger charge is 2.37. The lowest BCUT2D eigenvalue weighted by atomic mass is 9.88. The number of hydrogen-bond acceptors (Lipinski definition) is 6. The van der Waals surface area contributed by atoms with Crippen LogP contribution in [0.1, 0.15) is 43.1 Å². The second kappa shape index (κ2) is 9.90. The number of pyridine rings is 1. The highest BCUT2D eigenvalue weighted by molar-refractivity contribution is 5.91. The van der Waals surface area contributed by atoms with Gasteiger partial charge in [0.2, 0.25) is 5.82 Å². The maximum Gasteiger partial charge on any atom is 0.449 e. The Bertz CT molecular complexity index is 1510. The number of nitrogens with two attached hydrogens (primary N) is 1. The lowest BCUT2D eigenvalue weighted by Gasteiger charge is -2.30. The maximum atomic E-state index is 14.9. The SMILES string of the molecule is Cn1c(C(F)(F)F)nc2c(-c3ccc(F)cc3F)nc([C@H]3CCO[C@@H](/C(C=NC4CC4)=C/N)C3)cc2c1=O. The van der Waals surface area contributed by atoms with Crippen LogP contribution in [0.25, 0.3) is 22.2 Å². The number of alkyl halides is 3. The number of rotatable bonds is 5. The number of fused-ring (bicyclic) bond motifs is 1. The molecule has 1 saturated carbocycles. The first-order valence-electron chi connectivity index (χ1n) is 12.1. The molecule has 0 radical (unpaired) electrons. The molecule has 0 amide bonds. The minimum absolute atomic E-state index is 0.155. The molecule has 2 aromatic heterocycles. The first-order chi connectivity index (χ1) is 18.1. The Kier molecular flexibility index (Phi) is 6.76. The molecule has 12 heteroatoms. The lowest BCUT2D eigenvalue weighted by molar-refractivity contribution is -0.147. The molecule has 2 aliphatic rings. The van der Waals surface area contributed by atoms with E-state index in [0.717, 1.165) is 32.0 Å². The highest BCUT2D eigenvalue weighted by Crippen LogP contribution is 2.37. The first-order valence-corrected chi connectivity index (χ1v) is 12.1. The molecule has 3 heterocycles. The topological polar surface area (TPSA) is 95.4 Å². The molecule has 7 nitrogen and oxygen atoms in total. The first kappa shape index (κ1) is 26.0. The third-order valence-electron chi connectivity index (χ3n) is 6.77. The van der Waals surface area contributed by atoms with Gasteiger partial charge in [0.15, 0.2) is 0 Å². The van der Waals surface area contributed by atoms with E-state index in [4.69, 9.17) is 10.5 Å². The Balaban J connectivity index is 1.65. The molecule has 0 spiro atoms. The minimum atomic E-state index is -4.94. The zero-order chi connectivity index (χ0) is 27.2. The zero-order valence-electron chi connectivity index (χ0n) is 20.3. The second-order valence-electron chi connectivity index (χ2n) is 9.47. The van der Waals surface area contributed by atoms with Gasteiger partial charge in [0.1, 0.15) is 17.2 Å². The van der Waals surface area contributed by atoms with E-state index in [9.17, 15) is 26.7 Å². The van der Waals surface area contributed by atoms with Crippen molar-refractivity contribution >= 4 is 17.1 Å². The second-order valence-corrected chi connectivity index (χ2v) is 9.47. The Hall–Kier alpha value is -3.67. The fourth-order valence-corrected chi connectivity index (χ4v) is 4.57. The van der Waals surface area contributed by atoms with Gasteiger partial charge in [-0.25, -0.2) is 13.8 Å². The molecule has 200 valence electrons. The van der Waals surface area contributed by atoms with Gasteiger partial charge in [-0.05, 0) is 43.9 Å². The molecule has 1 aliphatic carbocycles. The lowest BCUT2D eigenvalue weighted by Crippen LogP contribution is -2.29. The van der Waals surface area contributed by atoms with E-state index in [2.05, 4.69) is 15.0 Å². The minimum Gasteiger partial charge on any atom is -0.404 e. The summed E-state index contributed by atoms with van der Waals surface area (Å²) in [6.45, 7) is 0.327. The third kappa shape index (κ3) is 5.04. The van der Waals surface area contributed by atoms with Gasteiger partial charge < -0.3 is 10.5 Å². The van der Waals surface area contributed by atoms with E-state index in [1.54, 1.807) is 6.21 Å². The van der Waals surface area contributed by atoms with Gasteiger partial charge in [-0.2, -0.15) is 13.2 Å². The van der Waals surface area contributed by atoms with Crippen LogP contribution in [-0.4, -0.2) is 39.5 Å².